The number of hydrogen-bond donors (Lipinski definition) is 1. The van der Waals surface area contributed by atoms with Gasteiger partial charge in [-0.05, 0) is 42.0 Å². The summed E-state index contributed by atoms with van der Waals surface area (Å²) >= 11 is 6.06. The second-order valence-electron chi connectivity index (χ2n) is 5.46. The summed E-state index contributed by atoms with van der Waals surface area (Å²) in [4.78, 5) is 8.40. The minimum atomic E-state index is -0.353. The lowest BCUT2D eigenvalue weighted by Gasteiger charge is -2.08. The Bertz CT molecular complexity index is 1030. The van der Waals surface area contributed by atoms with Gasteiger partial charge in [0.25, 0.3) is 0 Å². The minimum absolute atomic E-state index is 0.353. The van der Waals surface area contributed by atoms with E-state index >= 15 is 0 Å². The third-order valence-corrected chi connectivity index (χ3v) is 4.17. The van der Waals surface area contributed by atoms with E-state index in [1.165, 1.54) is 12.1 Å². The fourth-order valence-electron chi connectivity index (χ4n) is 2.54. The smallest absolute Gasteiger partial charge is 0.154 e. The SMILES string of the molecule is Fc1ccc(CNc2ccc3ncc(-c4ccncc4)n3n2)c(Cl)c1. The van der Waals surface area contributed by atoms with Crippen LogP contribution in [0, 0.1) is 5.82 Å². The van der Waals surface area contributed by atoms with Crippen molar-refractivity contribution in [2.45, 2.75) is 6.54 Å². The number of nitrogens with zero attached hydrogens (tertiary/aromatic N) is 4. The molecular weight excluding hydrogens is 341 g/mol. The maximum atomic E-state index is 13.1. The van der Waals surface area contributed by atoms with Crippen molar-refractivity contribution in [2.75, 3.05) is 5.32 Å². The molecule has 0 saturated carbocycles. The van der Waals surface area contributed by atoms with Crippen molar-refractivity contribution >= 4 is 23.1 Å². The third-order valence-electron chi connectivity index (χ3n) is 3.81. The Morgan fingerprint density at radius 1 is 1.08 bits per heavy atom. The maximum Gasteiger partial charge on any atom is 0.154 e. The Balaban J connectivity index is 1.62. The highest BCUT2D eigenvalue weighted by Gasteiger charge is 2.08. The van der Waals surface area contributed by atoms with E-state index < -0.39 is 0 Å². The van der Waals surface area contributed by atoms with Crippen LogP contribution in [0.4, 0.5) is 10.2 Å². The van der Waals surface area contributed by atoms with Crippen LogP contribution in [0.5, 0.6) is 0 Å². The number of hydrogen-bond acceptors (Lipinski definition) is 4. The van der Waals surface area contributed by atoms with Gasteiger partial charge in [0.05, 0.1) is 11.9 Å². The Hall–Kier alpha value is -2.99. The van der Waals surface area contributed by atoms with E-state index in [4.69, 9.17) is 11.6 Å². The van der Waals surface area contributed by atoms with Crippen LogP contribution in [0.1, 0.15) is 5.56 Å². The van der Waals surface area contributed by atoms with E-state index in [0.29, 0.717) is 17.4 Å². The number of benzene rings is 1. The largest absolute Gasteiger partial charge is 0.365 e. The molecule has 0 aliphatic rings. The molecule has 0 aliphatic heterocycles. The molecule has 4 rings (SSSR count). The summed E-state index contributed by atoms with van der Waals surface area (Å²) in [6.07, 6.45) is 5.24. The molecule has 25 heavy (non-hydrogen) atoms. The van der Waals surface area contributed by atoms with Gasteiger partial charge in [-0.25, -0.2) is 13.9 Å². The molecule has 0 saturated heterocycles. The lowest BCUT2D eigenvalue weighted by molar-refractivity contribution is 0.627. The second kappa shape index (κ2) is 6.49. The summed E-state index contributed by atoms with van der Waals surface area (Å²) in [5.74, 6) is 0.315. The minimum Gasteiger partial charge on any atom is -0.365 e. The first kappa shape index (κ1) is 15.5. The first-order valence-electron chi connectivity index (χ1n) is 7.64. The number of nitrogens with one attached hydrogen (secondary N) is 1. The highest BCUT2D eigenvalue weighted by molar-refractivity contribution is 6.31. The van der Waals surface area contributed by atoms with Crippen LogP contribution in [0.15, 0.2) is 61.1 Å². The number of fused-ring (bicyclic) bond motifs is 1. The van der Waals surface area contributed by atoms with Gasteiger partial charge in [-0.3, -0.25) is 4.98 Å². The zero-order chi connectivity index (χ0) is 17.2. The van der Waals surface area contributed by atoms with Crippen molar-refractivity contribution in [1.82, 2.24) is 19.6 Å². The van der Waals surface area contributed by atoms with E-state index in [9.17, 15) is 4.39 Å². The molecule has 0 fully saturated rings. The van der Waals surface area contributed by atoms with Crippen LogP contribution >= 0.6 is 11.6 Å². The second-order valence-corrected chi connectivity index (χ2v) is 5.86. The van der Waals surface area contributed by atoms with E-state index in [1.54, 1.807) is 29.2 Å². The molecule has 1 aromatic carbocycles. The zero-order valence-electron chi connectivity index (χ0n) is 13.0. The topological polar surface area (TPSA) is 55.1 Å². The van der Waals surface area contributed by atoms with E-state index in [2.05, 4.69) is 20.4 Å². The van der Waals surface area contributed by atoms with Crippen LogP contribution in [0.2, 0.25) is 5.02 Å². The van der Waals surface area contributed by atoms with Crippen LogP contribution in [0.3, 0.4) is 0 Å². The van der Waals surface area contributed by atoms with Crippen LogP contribution in [-0.4, -0.2) is 19.6 Å². The number of anilines is 1. The molecule has 0 radical (unpaired) electrons. The van der Waals surface area contributed by atoms with Gasteiger partial charge in [0.2, 0.25) is 0 Å². The van der Waals surface area contributed by atoms with Gasteiger partial charge in [0, 0.05) is 29.5 Å². The summed E-state index contributed by atoms with van der Waals surface area (Å²) in [5, 5.41) is 8.17. The molecule has 3 heterocycles. The Morgan fingerprint density at radius 3 is 2.72 bits per heavy atom. The Kier molecular flexibility index (Phi) is 4.03. The molecular formula is C18H13ClFN5. The first-order chi connectivity index (χ1) is 12.2. The fraction of sp³-hybridized carbons (Fsp3) is 0.0556. The molecule has 0 atom stereocenters. The van der Waals surface area contributed by atoms with Crippen molar-refractivity contribution in [3.05, 3.63) is 77.5 Å². The van der Waals surface area contributed by atoms with Crippen LogP contribution < -0.4 is 5.32 Å². The van der Waals surface area contributed by atoms with Crippen LogP contribution in [-0.2, 0) is 6.54 Å². The van der Waals surface area contributed by atoms with Crippen molar-refractivity contribution in [3.8, 4) is 11.3 Å². The number of aromatic nitrogens is 4. The zero-order valence-corrected chi connectivity index (χ0v) is 13.8. The van der Waals surface area contributed by atoms with Gasteiger partial charge in [-0.15, -0.1) is 5.10 Å². The summed E-state index contributed by atoms with van der Waals surface area (Å²) in [5.41, 5.74) is 3.40. The molecule has 3 aromatic heterocycles. The summed E-state index contributed by atoms with van der Waals surface area (Å²) in [6.45, 7) is 0.441. The molecule has 4 aromatic rings. The molecule has 0 bridgehead atoms. The van der Waals surface area contributed by atoms with Gasteiger partial charge >= 0.3 is 0 Å². The number of rotatable bonds is 4. The standard InChI is InChI=1S/C18H13ClFN5/c19-15-9-14(20)2-1-13(15)10-22-17-3-4-18-23-11-16(25(18)24-17)12-5-7-21-8-6-12/h1-9,11H,10H2,(H,22,24). The van der Waals surface area contributed by atoms with Gasteiger partial charge in [0.1, 0.15) is 11.6 Å². The molecule has 7 heteroatoms. The fourth-order valence-corrected chi connectivity index (χ4v) is 2.77. The van der Waals surface area contributed by atoms with E-state index in [1.807, 2.05) is 24.3 Å². The van der Waals surface area contributed by atoms with Gasteiger partial charge < -0.3 is 5.32 Å². The number of pyridine rings is 1. The van der Waals surface area contributed by atoms with Crippen molar-refractivity contribution < 1.29 is 4.39 Å². The summed E-state index contributed by atoms with van der Waals surface area (Å²) in [7, 11) is 0. The Labute approximate surface area is 148 Å². The highest BCUT2D eigenvalue weighted by atomic mass is 35.5. The Morgan fingerprint density at radius 2 is 1.92 bits per heavy atom. The molecule has 0 unspecified atom stereocenters. The molecule has 124 valence electrons. The van der Waals surface area contributed by atoms with E-state index in [0.717, 1.165) is 22.5 Å². The molecule has 5 nitrogen and oxygen atoms in total. The predicted molar refractivity (Wildman–Crippen MR) is 95.0 cm³/mol. The molecule has 1 N–H and O–H groups in total. The van der Waals surface area contributed by atoms with Gasteiger partial charge in [-0.2, -0.15) is 0 Å². The van der Waals surface area contributed by atoms with Crippen molar-refractivity contribution in [3.63, 3.8) is 0 Å². The third kappa shape index (κ3) is 3.16. The summed E-state index contributed by atoms with van der Waals surface area (Å²) < 4.78 is 14.9. The number of halogens is 2. The van der Waals surface area contributed by atoms with Gasteiger partial charge in [-0.1, -0.05) is 17.7 Å². The van der Waals surface area contributed by atoms with E-state index in [-0.39, 0.29) is 5.82 Å². The molecule has 0 amide bonds. The van der Waals surface area contributed by atoms with Gasteiger partial charge in [0.15, 0.2) is 5.65 Å². The monoisotopic (exact) mass is 353 g/mol. The average molecular weight is 354 g/mol. The highest BCUT2D eigenvalue weighted by Crippen LogP contribution is 2.21. The predicted octanol–water partition coefficient (Wildman–Crippen LogP) is 4.20. The lowest BCUT2D eigenvalue weighted by Crippen LogP contribution is -2.05. The normalized spacial score (nSPS) is 11.0. The molecule has 0 spiro atoms. The van der Waals surface area contributed by atoms with Crippen molar-refractivity contribution in [2.24, 2.45) is 0 Å². The maximum absolute atomic E-state index is 13.1. The number of imidazole rings is 1. The molecule has 0 aliphatic carbocycles. The lowest BCUT2D eigenvalue weighted by atomic mass is 10.2. The average Bonchev–Trinajstić information content (AvgIpc) is 3.05. The van der Waals surface area contributed by atoms with Crippen LogP contribution in [0.25, 0.3) is 16.9 Å². The quantitative estimate of drug-likeness (QED) is 0.597. The first-order valence-corrected chi connectivity index (χ1v) is 8.01. The van der Waals surface area contributed by atoms with Crippen molar-refractivity contribution in [1.29, 1.82) is 0 Å². The summed E-state index contributed by atoms with van der Waals surface area (Å²) in [6, 6.07) is 11.9.